The van der Waals surface area contributed by atoms with Crippen LogP contribution in [0.15, 0.2) is 29.8 Å². The van der Waals surface area contributed by atoms with E-state index < -0.39 is 17.6 Å². The lowest BCUT2D eigenvalue weighted by Gasteiger charge is -2.12. The molecule has 0 amide bonds. The molecule has 0 saturated heterocycles. The predicted molar refractivity (Wildman–Crippen MR) is 62.4 cm³/mol. The summed E-state index contributed by atoms with van der Waals surface area (Å²) in [6.45, 7) is 3.56. The van der Waals surface area contributed by atoms with E-state index in [1.54, 1.807) is 13.8 Å². The SMILES string of the molecule is CC(C)/C(=C\C(=O)O)COc1ccc(F)cc1F. The van der Waals surface area contributed by atoms with E-state index in [1.807, 2.05) is 0 Å². The van der Waals surface area contributed by atoms with Crippen LogP contribution in [-0.2, 0) is 4.79 Å². The minimum atomic E-state index is -1.08. The highest BCUT2D eigenvalue weighted by Crippen LogP contribution is 2.19. The van der Waals surface area contributed by atoms with Crippen LogP contribution in [0.5, 0.6) is 5.75 Å². The molecular weight excluding hydrogens is 242 g/mol. The number of hydrogen-bond donors (Lipinski definition) is 1. The summed E-state index contributed by atoms with van der Waals surface area (Å²) in [5.41, 5.74) is 0.520. The zero-order valence-electron chi connectivity index (χ0n) is 10.1. The number of halogens is 2. The average Bonchev–Trinajstić information content (AvgIpc) is 2.25. The van der Waals surface area contributed by atoms with Crippen LogP contribution in [0.3, 0.4) is 0 Å². The normalized spacial score (nSPS) is 11.7. The van der Waals surface area contributed by atoms with Gasteiger partial charge in [-0.05, 0) is 23.6 Å². The highest BCUT2D eigenvalue weighted by Gasteiger charge is 2.09. The van der Waals surface area contributed by atoms with E-state index in [1.165, 1.54) is 6.07 Å². The number of carboxylic acid groups (broad SMARTS) is 1. The quantitative estimate of drug-likeness (QED) is 0.824. The molecule has 1 aromatic carbocycles. The highest BCUT2D eigenvalue weighted by molar-refractivity contribution is 5.80. The summed E-state index contributed by atoms with van der Waals surface area (Å²) < 4.78 is 31.1. The van der Waals surface area contributed by atoms with Gasteiger partial charge >= 0.3 is 5.97 Å². The van der Waals surface area contributed by atoms with Crippen molar-refractivity contribution in [2.24, 2.45) is 5.92 Å². The molecule has 0 heterocycles. The molecule has 1 aromatic rings. The van der Waals surface area contributed by atoms with Gasteiger partial charge in [0, 0.05) is 12.1 Å². The molecule has 0 aliphatic rings. The van der Waals surface area contributed by atoms with Gasteiger partial charge in [-0.15, -0.1) is 0 Å². The van der Waals surface area contributed by atoms with Crippen molar-refractivity contribution in [2.45, 2.75) is 13.8 Å². The lowest BCUT2D eigenvalue weighted by molar-refractivity contribution is -0.131. The fourth-order valence-corrected chi connectivity index (χ4v) is 1.29. The molecule has 0 atom stereocenters. The molecule has 0 spiro atoms. The van der Waals surface area contributed by atoms with E-state index in [2.05, 4.69) is 0 Å². The van der Waals surface area contributed by atoms with Crippen molar-refractivity contribution in [3.8, 4) is 5.75 Å². The van der Waals surface area contributed by atoms with Crippen LogP contribution in [-0.4, -0.2) is 17.7 Å². The Bertz CT molecular complexity index is 467. The molecule has 98 valence electrons. The van der Waals surface area contributed by atoms with Crippen LogP contribution < -0.4 is 4.74 Å². The van der Waals surface area contributed by atoms with Crippen molar-refractivity contribution < 1.29 is 23.4 Å². The number of rotatable bonds is 5. The molecule has 0 bridgehead atoms. The minimum absolute atomic E-state index is 0.0374. The first-order chi connectivity index (χ1) is 8.40. The van der Waals surface area contributed by atoms with Gasteiger partial charge in [0.05, 0.1) is 0 Å². The maximum Gasteiger partial charge on any atom is 0.328 e. The number of carboxylic acids is 1. The molecule has 0 fully saturated rings. The van der Waals surface area contributed by atoms with Gasteiger partial charge in [-0.3, -0.25) is 0 Å². The van der Waals surface area contributed by atoms with Crippen LogP contribution in [0.1, 0.15) is 13.8 Å². The number of aliphatic carboxylic acids is 1. The van der Waals surface area contributed by atoms with Crippen LogP contribution in [0.4, 0.5) is 8.78 Å². The van der Waals surface area contributed by atoms with Crippen LogP contribution in [0.2, 0.25) is 0 Å². The first kappa shape index (κ1) is 14.2. The minimum Gasteiger partial charge on any atom is -0.486 e. The highest BCUT2D eigenvalue weighted by atomic mass is 19.1. The van der Waals surface area contributed by atoms with Gasteiger partial charge in [-0.2, -0.15) is 0 Å². The fraction of sp³-hybridized carbons (Fsp3) is 0.308. The second kappa shape index (κ2) is 6.14. The number of carbonyl (C=O) groups is 1. The Kier molecular flexibility index (Phi) is 4.83. The second-order valence-electron chi connectivity index (χ2n) is 4.08. The van der Waals surface area contributed by atoms with E-state index in [4.69, 9.17) is 9.84 Å². The monoisotopic (exact) mass is 256 g/mol. The van der Waals surface area contributed by atoms with Crippen molar-refractivity contribution in [2.75, 3.05) is 6.61 Å². The second-order valence-corrected chi connectivity index (χ2v) is 4.08. The van der Waals surface area contributed by atoms with Crippen LogP contribution >= 0.6 is 0 Å². The number of ether oxygens (including phenoxy) is 1. The van der Waals surface area contributed by atoms with Gasteiger partial charge in [-0.1, -0.05) is 13.8 Å². The van der Waals surface area contributed by atoms with Gasteiger partial charge in [0.1, 0.15) is 12.4 Å². The molecule has 18 heavy (non-hydrogen) atoms. The summed E-state index contributed by atoms with van der Waals surface area (Å²) in [5.74, 6) is -2.72. The molecule has 1 N–H and O–H groups in total. The van der Waals surface area contributed by atoms with E-state index in [9.17, 15) is 13.6 Å². The van der Waals surface area contributed by atoms with Crippen molar-refractivity contribution in [1.82, 2.24) is 0 Å². The van der Waals surface area contributed by atoms with Crippen LogP contribution in [0.25, 0.3) is 0 Å². The molecular formula is C13H14F2O3. The van der Waals surface area contributed by atoms with E-state index in [0.29, 0.717) is 11.6 Å². The average molecular weight is 256 g/mol. The smallest absolute Gasteiger partial charge is 0.328 e. The maximum absolute atomic E-state index is 13.3. The third-order valence-electron chi connectivity index (χ3n) is 2.34. The first-order valence-corrected chi connectivity index (χ1v) is 5.41. The zero-order chi connectivity index (χ0) is 13.7. The molecule has 0 aromatic heterocycles. The molecule has 5 heteroatoms. The van der Waals surface area contributed by atoms with Crippen LogP contribution in [0, 0.1) is 17.6 Å². The van der Waals surface area contributed by atoms with Gasteiger partial charge in [0.2, 0.25) is 0 Å². The largest absolute Gasteiger partial charge is 0.486 e. The Labute approximate surface area is 104 Å². The zero-order valence-corrected chi connectivity index (χ0v) is 10.1. The summed E-state index contributed by atoms with van der Waals surface area (Å²) in [6, 6.07) is 2.96. The van der Waals surface area contributed by atoms with Crippen molar-refractivity contribution in [3.63, 3.8) is 0 Å². The van der Waals surface area contributed by atoms with Crippen molar-refractivity contribution >= 4 is 5.97 Å². The van der Waals surface area contributed by atoms with Crippen molar-refractivity contribution in [3.05, 3.63) is 41.5 Å². The number of benzene rings is 1. The summed E-state index contributed by atoms with van der Waals surface area (Å²) in [5, 5.41) is 8.67. The summed E-state index contributed by atoms with van der Waals surface area (Å²) in [7, 11) is 0. The molecule has 0 radical (unpaired) electrons. The topological polar surface area (TPSA) is 46.5 Å². The van der Waals surface area contributed by atoms with Gasteiger partial charge in [0.15, 0.2) is 11.6 Å². The lowest BCUT2D eigenvalue weighted by atomic mass is 10.0. The van der Waals surface area contributed by atoms with E-state index >= 15 is 0 Å². The Balaban J connectivity index is 2.76. The molecule has 0 aliphatic heterocycles. The predicted octanol–water partition coefficient (Wildman–Crippen LogP) is 3.01. The fourth-order valence-electron chi connectivity index (χ4n) is 1.29. The Morgan fingerprint density at radius 1 is 1.44 bits per heavy atom. The molecule has 0 unspecified atom stereocenters. The summed E-state index contributed by atoms with van der Waals surface area (Å²) in [6.07, 6.45) is 1.03. The Hall–Kier alpha value is -1.91. The number of hydrogen-bond acceptors (Lipinski definition) is 2. The first-order valence-electron chi connectivity index (χ1n) is 5.41. The Morgan fingerprint density at radius 3 is 2.61 bits per heavy atom. The van der Waals surface area contributed by atoms with Gasteiger partial charge in [-0.25, -0.2) is 13.6 Å². The van der Waals surface area contributed by atoms with Crippen molar-refractivity contribution in [1.29, 1.82) is 0 Å². The standard InChI is InChI=1S/C13H14F2O3/c1-8(2)9(5-13(16)17)7-18-12-4-3-10(14)6-11(12)15/h3-6,8H,7H2,1-2H3,(H,16,17)/b9-5-. The molecule has 1 rings (SSSR count). The third-order valence-corrected chi connectivity index (χ3v) is 2.34. The molecule has 0 saturated carbocycles. The molecule has 0 aliphatic carbocycles. The molecule has 3 nitrogen and oxygen atoms in total. The third kappa shape index (κ3) is 4.16. The maximum atomic E-state index is 13.3. The van der Waals surface area contributed by atoms with E-state index in [0.717, 1.165) is 12.1 Å². The van der Waals surface area contributed by atoms with E-state index in [-0.39, 0.29) is 18.3 Å². The lowest BCUT2D eigenvalue weighted by Crippen LogP contribution is -2.09. The summed E-state index contributed by atoms with van der Waals surface area (Å²) >= 11 is 0. The van der Waals surface area contributed by atoms with Gasteiger partial charge in [0.25, 0.3) is 0 Å². The summed E-state index contributed by atoms with van der Waals surface area (Å²) in [4.78, 5) is 10.6. The Morgan fingerprint density at radius 2 is 2.11 bits per heavy atom. The van der Waals surface area contributed by atoms with Gasteiger partial charge < -0.3 is 9.84 Å².